The summed E-state index contributed by atoms with van der Waals surface area (Å²) in [6.45, 7) is 0. The first-order chi connectivity index (χ1) is 10.6. The second kappa shape index (κ2) is 5.90. The van der Waals surface area contributed by atoms with Gasteiger partial charge in [0.25, 0.3) is 0 Å². The third-order valence-corrected chi connectivity index (χ3v) is 4.74. The molecule has 1 fully saturated rings. The van der Waals surface area contributed by atoms with Gasteiger partial charge >= 0.3 is 5.97 Å². The van der Waals surface area contributed by atoms with Crippen LogP contribution in [0.4, 0.5) is 0 Å². The Hall–Kier alpha value is -1.58. The standard InChI is InChI=1S/C18H14BrClO2/c1-22-17(21)18(13-4-6-15(19)7-5-13)11-14(18)10-12-2-8-16(20)9-3-12/h2-10H,11H2,1H3/b14-10-/t18-/m0/s1. The first-order valence-electron chi connectivity index (χ1n) is 6.87. The molecule has 0 spiro atoms. The highest BCUT2D eigenvalue weighted by atomic mass is 79.9. The first-order valence-corrected chi connectivity index (χ1v) is 8.04. The monoisotopic (exact) mass is 376 g/mol. The summed E-state index contributed by atoms with van der Waals surface area (Å²) >= 11 is 9.32. The molecule has 1 aliphatic carbocycles. The molecular formula is C18H14BrClO2. The van der Waals surface area contributed by atoms with E-state index in [1.165, 1.54) is 7.11 Å². The van der Waals surface area contributed by atoms with Gasteiger partial charge in [0.1, 0.15) is 5.41 Å². The van der Waals surface area contributed by atoms with Crippen molar-refractivity contribution in [2.45, 2.75) is 11.8 Å². The van der Waals surface area contributed by atoms with E-state index in [-0.39, 0.29) is 5.97 Å². The molecule has 0 radical (unpaired) electrons. The molecular weight excluding hydrogens is 364 g/mol. The SMILES string of the molecule is COC(=O)[C@]1(c2ccc(Br)cc2)C/C1=C/c1ccc(Cl)cc1. The normalized spacial score (nSPS) is 21.7. The molecule has 3 rings (SSSR count). The van der Waals surface area contributed by atoms with Crippen LogP contribution in [0.25, 0.3) is 6.08 Å². The predicted molar refractivity (Wildman–Crippen MR) is 91.9 cm³/mol. The van der Waals surface area contributed by atoms with E-state index in [4.69, 9.17) is 16.3 Å². The van der Waals surface area contributed by atoms with Crippen molar-refractivity contribution in [3.8, 4) is 0 Å². The Bertz CT molecular complexity index is 735. The van der Waals surface area contributed by atoms with Crippen LogP contribution in [-0.4, -0.2) is 13.1 Å². The Morgan fingerprint density at radius 2 is 1.82 bits per heavy atom. The minimum Gasteiger partial charge on any atom is -0.468 e. The minimum absolute atomic E-state index is 0.213. The zero-order valence-electron chi connectivity index (χ0n) is 12.0. The molecule has 0 aromatic heterocycles. The number of carbonyl (C=O) groups is 1. The highest BCUT2D eigenvalue weighted by molar-refractivity contribution is 9.10. The fourth-order valence-electron chi connectivity index (χ4n) is 2.69. The van der Waals surface area contributed by atoms with Crippen LogP contribution in [0, 0.1) is 0 Å². The third kappa shape index (κ3) is 2.71. The van der Waals surface area contributed by atoms with Gasteiger partial charge in [0.05, 0.1) is 7.11 Å². The number of hydrogen-bond acceptors (Lipinski definition) is 2. The molecule has 1 aliphatic rings. The van der Waals surface area contributed by atoms with Crippen molar-refractivity contribution < 1.29 is 9.53 Å². The maximum absolute atomic E-state index is 12.3. The van der Waals surface area contributed by atoms with Crippen LogP contribution >= 0.6 is 27.5 Å². The van der Waals surface area contributed by atoms with Gasteiger partial charge in [0, 0.05) is 9.50 Å². The van der Waals surface area contributed by atoms with Gasteiger partial charge in [-0.1, -0.05) is 57.9 Å². The van der Waals surface area contributed by atoms with Crippen LogP contribution in [0.1, 0.15) is 17.5 Å². The number of methoxy groups -OCH3 is 1. The lowest BCUT2D eigenvalue weighted by atomic mass is 9.94. The fourth-order valence-corrected chi connectivity index (χ4v) is 3.08. The quantitative estimate of drug-likeness (QED) is 0.704. The van der Waals surface area contributed by atoms with Crippen LogP contribution in [0.3, 0.4) is 0 Å². The Labute approximate surface area is 142 Å². The van der Waals surface area contributed by atoms with Crippen molar-refractivity contribution in [3.63, 3.8) is 0 Å². The molecule has 2 aromatic carbocycles. The molecule has 0 aliphatic heterocycles. The molecule has 0 bridgehead atoms. The second-order valence-corrected chi connectivity index (χ2v) is 6.65. The van der Waals surface area contributed by atoms with Crippen molar-refractivity contribution in [2.75, 3.05) is 7.11 Å². The molecule has 0 heterocycles. The first kappa shape index (κ1) is 15.3. The van der Waals surface area contributed by atoms with Crippen molar-refractivity contribution in [1.29, 1.82) is 0 Å². The molecule has 2 nitrogen and oxygen atoms in total. The number of benzene rings is 2. The Morgan fingerprint density at radius 3 is 2.41 bits per heavy atom. The van der Waals surface area contributed by atoms with Crippen LogP contribution < -0.4 is 0 Å². The van der Waals surface area contributed by atoms with Gasteiger partial charge in [0.15, 0.2) is 0 Å². The zero-order valence-corrected chi connectivity index (χ0v) is 14.3. The number of rotatable bonds is 3. The van der Waals surface area contributed by atoms with E-state index in [0.29, 0.717) is 11.4 Å². The molecule has 0 amide bonds. The average Bonchev–Trinajstić information content (AvgIpc) is 3.24. The molecule has 0 N–H and O–H groups in total. The molecule has 1 atom stereocenters. The largest absolute Gasteiger partial charge is 0.468 e. The number of hydrogen-bond donors (Lipinski definition) is 0. The Balaban J connectivity index is 1.99. The summed E-state index contributed by atoms with van der Waals surface area (Å²) in [4.78, 5) is 12.3. The number of carbonyl (C=O) groups excluding carboxylic acids is 1. The van der Waals surface area contributed by atoms with Crippen molar-refractivity contribution in [3.05, 3.63) is 74.7 Å². The van der Waals surface area contributed by atoms with E-state index in [9.17, 15) is 4.79 Å². The van der Waals surface area contributed by atoms with Crippen LogP contribution in [0.15, 0.2) is 58.6 Å². The van der Waals surface area contributed by atoms with Crippen LogP contribution in [0.2, 0.25) is 5.02 Å². The summed E-state index contributed by atoms with van der Waals surface area (Å²) in [6.07, 6.45) is 2.72. The molecule has 4 heteroatoms. The highest BCUT2D eigenvalue weighted by Gasteiger charge is 2.57. The summed E-state index contributed by atoms with van der Waals surface area (Å²) in [7, 11) is 1.43. The molecule has 0 unspecified atom stereocenters. The zero-order chi connectivity index (χ0) is 15.7. The lowest BCUT2D eigenvalue weighted by Gasteiger charge is -2.13. The summed E-state index contributed by atoms with van der Waals surface area (Å²) in [5.74, 6) is -0.213. The van der Waals surface area contributed by atoms with Gasteiger partial charge in [-0.2, -0.15) is 0 Å². The number of ether oxygens (including phenoxy) is 1. The van der Waals surface area contributed by atoms with Gasteiger partial charge in [-0.3, -0.25) is 4.79 Å². The maximum Gasteiger partial charge on any atom is 0.320 e. The molecule has 1 saturated carbocycles. The van der Waals surface area contributed by atoms with E-state index in [2.05, 4.69) is 15.9 Å². The molecule has 2 aromatic rings. The predicted octanol–water partition coefficient (Wildman–Crippen LogP) is 5.00. The Kier molecular flexibility index (Phi) is 4.11. The fraction of sp³-hybridized carbons (Fsp3) is 0.167. The number of halogens is 2. The summed E-state index contributed by atoms with van der Waals surface area (Å²) in [5.41, 5.74) is 2.41. The Morgan fingerprint density at radius 1 is 1.18 bits per heavy atom. The van der Waals surface area contributed by atoms with Gasteiger partial charge in [0.2, 0.25) is 0 Å². The van der Waals surface area contributed by atoms with Gasteiger partial charge in [-0.05, 0) is 47.4 Å². The van der Waals surface area contributed by atoms with Crippen molar-refractivity contribution in [1.82, 2.24) is 0 Å². The van der Waals surface area contributed by atoms with Crippen molar-refractivity contribution >= 4 is 39.6 Å². The molecule has 112 valence electrons. The van der Waals surface area contributed by atoms with E-state index >= 15 is 0 Å². The van der Waals surface area contributed by atoms with Crippen LogP contribution in [-0.2, 0) is 14.9 Å². The van der Waals surface area contributed by atoms with Gasteiger partial charge in [-0.15, -0.1) is 0 Å². The van der Waals surface area contributed by atoms with E-state index < -0.39 is 5.41 Å². The average molecular weight is 378 g/mol. The van der Waals surface area contributed by atoms with E-state index in [1.54, 1.807) is 0 Å². The number of esters is 1. The third-order valence-electron chi connectivity index (χ3n) is 3.96. The topological polar surface area (TPSA) is 26.3 Å². The summed E-state index contributed by atoms with van der Waals surface area (Å²) in [6, 6.07) is 15.4. The van der Waals surface area contributed by atoms with Crippen LogP contribution in [0.5, 0.6) is 0 Å². The van der Waals surface area contributed by atoms with Crippen molar-refractivity contribution in [2.24, 2.45) is 0 Å². The summed E-state index contributed by atoms with van der Waals surface area (Å²) in [5, 5.41) is 0.699. The van der Waals surface area contributed by atoms with E-state index in [1.807, 2.05) is 54.6 Å². The molecule has 22 heavy (non-hydrogen) atoms. The van der Waals surface area contributed by atoms with Gasteiger partial charge < -0.3 is 4.74 Å². The van der Waals surface area contributed by atoms with Gasteiger partial charge in [-0.25, -0.2) is 0 Å². The lowest BCUT2D eigenvalue weighted by Crippen LogP contribution is -2.22. The lowest BCUT2D eigenvalue weighted by molar-refractivity contribution is -0.143. The van der Waals surface area contributed by atoms with E-state index in [0.717, 1.165) is 21.2 Å². The summed E-state index contributed by atoms with van der Waals surface area (Å²) < 4.78 is 6.02. The minimum atomic E-state index is -0.644. The smallest absolute Gasteiger partial charge is 0.320 e. The second-order valence-electron chi connectivity index (χ2n) is 5.30. The molecule has 0 saturated heterocycles. The highest BCUT2D eigenvalue weighted by Crippen LogP contribution is 2.55. The maximum atomic E-state index is 12.3.